The molecule has 6 atom stereocenters. The summed E-state index contributed by atoms with van der Waals surface area (Å²) in [6.45, 7) is 11.7. The number of carbonyl (C=O) groups excluding carboxylic acids is 4. The van der Waals surface area contributed by atoms with E-state index in [9.17, 15) is 19.2 Å². The van der Waals surface area contributed by atoms with Gasteiger partial charge in [-0.25, -0.2) is 29.5 Å². The number of amides is 4. The Morgan fingerprint density at radius 1 is 0.795 bits per heavy atom. The van der Waals surface area contributed by atoms with Crippen molar-refractivity contribution in [2.45, 2.75) is 128 Å². The molecule has 8 heterocycles. The number of imidazole rings is 2. The number of aryl methyl sites for hydroxylation is 1. The predicted molar refractivity (Wildman–Crippen MR) is 273 cm³/mol. The van der Waals surface area contributed by atoms with Crippen LogP contribution in [0.1, 0.15) is 130 Å². The first kappa shape index (κ1) is 48.6. The molecule has 384 valence electrons. The highest BCUT2D eigenvalue weighted by Gasteiger charge is 2.45. The molecule has 2 aromatic carbocycles. The third kappa shape index (κ3) is 9.25. The third-order valence-electron chi connectivity index (χ3n) is 15.7. The number of aromatic amines is 4. The van der Waals surface area contributed by atoms with E-state index in [0.717, 1.165) is 98.2 Å². The molecular formula is C55H67N9O8S+2. The van der Waals surface area contributed by atoms with Crippen molar-refractivity contribution in [3.05, 3.63) is 87.9 Å². The normalized spacial score (nSPS) is 22.1. The van der Waals surface area contributed by atoms with Gasteiger partial charge in [0.05, 0.1) is 35.9 Å². The maximum absolute atomic E-state index is 14.5. The van der Waals surface area contributed by atoms with Crippen molar-refractivity contribution in [1.82, 2.24) is 35.0 Å². The zero-order chi connectivity index (χ0) is 50.9. The number of hydrogen-bond acceptors (Lipinski definition) is 9. The number of rotatable bonds is 12. The number of methoxy groups -OCH3 is 2. The molecular weight excluding hydrogens is 947 g/mol. The Bertz CT molecular complexity index is 3090. The quantitative estimate of drug-likeness (QED) is 0.0932. The maximum atomic E-state index is 14.5. The molecule has 6 aromatic rings. The fraction of sp³-hybridized carbons (Fsp3) is 0.491. The number of carbonyl (C=O) groups is 4. The highest BCUT2D eigenvalue weighted by molar-refractivity contribution is 7.12. The third-order valence-corrected chi connectivity index (χ3v) is 17.0. The summed E-state index contributed by atoms with van der Waals surface area (Å²) in [5.74, 6) is 2.63. The standard InChI is InChI=1S/C55H65N9O8S/c1-29(2)46(60-53(67)69-6)50(65)62-19-8-10-39(62)49-57-28-37(59-49)34-22-30(3)45-41-24-35-23-32(14-15-38(35)64(41)52(72-42(45)25-34)44-17-16-43(73-44)31-12-13-31)36-27-56-48(58-36)40-11-9-20-63(40)51(66)47(61-54(68)70-7)33-18-21-71-55(4,5)26-33/h14-17,22-25,27-29,31,33,39-40,46-47,52H,8-13,18-21,26H2,1-7H3,(H,56,58)(H,57,59)(H,60,67)(H,61,68)/p+2/t33?,39-,40-,46-,47?,52?/m0/s1. The second-order valence-corrected chi connectivity index (χ2v) is 22.7. The van der Waals surface area contributed by atoms with Crippen LogP contribution in [0.15, 0.2) is 60.9 Å². The van der Waals surface area contributed by atoms with Gasteiger partial charge < -0.3 is 39.4 Å². The van der Waals surface area contributed by atoms with Crippen molar-refractivity contribution in [2.24, 2.45) is 11.8 Å². The van der Waals surface area contributed by atoms with E-state index in [4.69, 9.17) is 18.9 Å². The highest BCUT2D eigenvalue weighted by Crippen LogP contribution is 2.50. The second kappa shape index (κ2) is 19.3. The van der Waals surface area contributed by atoms with E-state index in [-0.39, 0.29) is 35.7 Å². The molecule has 18 heteroatoms. The molecule has 4 fully saturated rings. The van der Waals surface area contributed by atoms with E-state index in [2.05, 4.69) is 90.6 Å². The summed E-state index contributed by atoms with van der Waals surface area (Å²) in [6, 6.07) is 15.8. The summed E-state index contributed by atoms with van der Waals surface area (Å²) >= 11 is 1.83. The minimum atomic E-state index is -0.731. The summed E-state index contributed by atoms with van der Waals surface area (Å²) in [6.07, 6.45) is 9.31. The van der Waals surface area contributed by atoms with Gasteiger partial charge >= 0.3 is 12.2 Å². The van der Waals surface area contributed by atoms with Crippen LogP contribution in [0.3, 0.4) is 0 Å². The van der Waals surface area contributed by atoms with Crippen LogP contribution in [-0.4, -0.2) is 99.9 Å². The van der Waals surface area contributed by atoms with E-state index in [1.54, 1.807) is 0 Å². The Hall–Kier alpha value is -6.66. The Morgan fingerprint density at radius 2 is 1.45 bits per heavy atom. The molecule has 1 aliphatic carbocycles. The number of hydrogen-bond donors (Lipinski definition) is 4. The lowest BCUT2D eigenvalue weighted by molar-refractivity contribution is -0.393. The second-order valence-electron chi connectivity index (χ2n) is 21.5. The summed E-state index contributed by atoms with van der Waals surface area (Å²) in [4.78, 5) is 73.7. The number of ether oxygens (including phenoxy) is 4. The molecule has 0 spiro atoms. The first-order valence-corrected chi connectivity index (χ1v) is 26.7. The highest BCUT2D eigenvalue weighted by atomic mass is 32.1. The number of nitrogens with one attached hydrogen (secondary N) is 6. The van der Waals surface area contributed by atoms with Gasteiger partial charge in [-0.15, -0.1) is 11.3 Å². The lowest BCUT2D eigenvalue weighted by Crippen LogP contribution is -2.55. The summed E-state index contributed by atoms with van der Waals surface area (Å²) < 4.78 is 25.3. The van der Waals surface area contributed by atoms with Crippen LogP contribution in [0.5, 0.6) is 5.75 Å². The Balaban J connectivity index is 0.893. The number of likely N-dealkylation sites (tertiary alicyclic amines) is 2. The van der Waals surface area contributed by atoms with E-state index >= 15 is 0 Å². The van der Waals surface area contributed by atoms with Crippen LogP contribution in [-0.2, 0) is 23.8 Å². The maximum Gasteiger partial charge on any atom is 0.407 e. The van der Waals surface area contributed by atoms with Crippen LogP contribution in [0.2, 0.25) is 0 Å². The van der Waals surface area contributed by atoms with Gasteiger partial charge in [-0.05, 0) is 144 Å². The minimum Gasteiger partial charge on any atom is -0.464 e. The fourth-order valence-corrected chi connectivity index (χ4v) is 13.1. The topological polar surface area (TPSA) is 201 Å². The molecule has 4 aromatic heterocycles. The molecule has 3 saturated heterocycles. The Morgan fingerprint density at radius 3 is 2.11 bits per heavy atom. The first-order valence-electron chi connectivity index (χ1n) is 25.9. The van der Waals surface area contributed by atoms with Crippen molar-refractivity contribution in [3.8, 4) is 39.5 Å². The zero-order valence-electron chi connectivity index (χ0n) is 42.7. The molecule has 73 heavy (non-hydrogen) atoms. The van der Waals surface area contributed by atoms with Crippen molar-refractivity contribution < 1.29 is 48.1 Å². The predicted octanol–water partition coefficient (Wildman–Crippen LogP) is 8.75. The summed E-state index contributed by atoms with van der Waals surface area (Å²) in [7, 11) is 2.63. The molecule has 6 N–H and O–H groups in total. The van der Waals surface area contributed by atoms with Gasteiger partial charge in [0.15, 0.2) is 11.4 Å². The van der Waals surface area contributed by atoms with Crippen LogP contribution in [0.25, 0.3) is 44.7 Å². The Kier molecular flexibility index (Phi) is 12.9. The van der Waals surface area contributed by atoms with Gasteiger partial charge in [0.25, 0.3) is 11.6 Å². The van der Waals surface area contributed by atoms with Gasteiger partial charge in [-0.1, -0.05) is 13.8 Å². The zero-order valence-corrected chi connectivity index (χ0v) is 43.5. The first-order chi connectivity index (χ1) is 35.2. The Labute approximate surface area is 428 Å². The largest absolute Gasteiger partial charge is 0.464 e. The molecule has 3 unspecified atom stereocenters. The van der Waals surface area contributed by atoms with Crippen molar-refractivity contribution in [3.63, 3.8) is 0 Å². The molecule has 17 nitrogen and oxygen atoms in total. The number of alkyl carbamates (subject to hydrolysis) is 2. The number of nitrogens with zero attached hydrogens (tertiary/aromatic N) is 3. The molecule has 11 rings (SSSR count). The van der Waals surface area contributed by atoms with Crippen LogP contribution in [0.4, 0.5) is 9.59 Å². The summed E-state index contributed by atoms with van der Waals surface area (Å²) in [5, 5.41) is 6.72. The van der Waals surface area contributed by atoms with E-state index in [0.29, 0.717) is 38.5 Å². The van der Waals surface area contributed by atoms with Gasteiger partial charge in [0.1, 0.15) is 42.3 Å². The van der Waals surface area contributed by atoms with Gasteiger partial charge in [0, 0.05) is 46.7 Å². The molecule has 0 radical (unpaired) electrons. The van der Waals surface area contributed by atoms with Crippen molar-refractivity contribution in [1.29, 1.82) is 0 Å². The lowest BCUT2D eigenvalue weighted by atomic mass is 9.82. The van der Waals surface area contributed by atoms with E-state index in [1.165, 1.54) is 31.9 Å². The minimum absolute atomic E-state index is 0.0925. The number of fused-ring (bicyclic) bond motifs is 5. The van der Waals surface area contributed by atoms with Crippen molar-refractivity contribution in [2.75, 3.05) is 33.9 Å². The monoisotopic (exact) mass is 1010 g/mol. The molecule has 0 bridgehead atoms. The SMILES string of the molecule is COC(=O)NC(C(=O)N1CCC[C@H]1c1[nH]c(-c2ccc3c(c2)cc2n3C(c3ccc(C4CC4)s3)Oc3cc(-c4c[nH+]c([C@@H]5CCCN5C(=O)[C@@H](NC(=O)OC)C(C)C)[nH]4)cc(C)c3-2)c[nH+]1)C1CCOC(C)(C)C1. The van der Waals surface area contributed by atoms with Crippen LogP contribution < -0.4 is 25.3 Å². The molecule has 4 amide bonds. The molecule has 5 aliphatic rings. The van der Waals surface area contributed by atoms with Crippen LogP contribution in [0, 0.1) is 18.8 Å². The number of benzene rings is 2. The number of H-pyrrole nitrogens is 4. The smallest absolute Gasteiger partial charge is 0.407 e. The van der Waals surface area contributed by atoms with Gasteiger partial charge in [-0.3, -0.25) is 14.2 Å². The lowest BCUT2D eigenvalue weighted by Gasteiger charge is -2.40. The average molecular weight is 1010 g/mol. The molecule has 4 aliphatic heterocycles. The number of aromatic nitrogens is 5. The molecule has 1 saturated carbocycles. The van der Waals surface area contributed by atoms with Crippen molar-refractivity contribution >= 4 is 46.2 Å². The van der Waals surface area contributed by atoms with Gasteiger partial charge in [0.2, 0.25) is 18.0 Å². The van der Waals surface area contributed by atoms with E-state index < -0.39 is 36.1 Å². The number of thiophene rings is 1. The summed E-state index contributed by atoms with van der Waals surface area (Å²) in [5.41, 5.74) is 7.57. The fourth-order valence-electron chi connectivity index (χ4n) is 11.9. The van der Waals surface area contributed by atoms with E-state index in [1.807, 2.05) is 61.2 Å². The average Bonchev–Trinajstić information content (AvgIpc) is 4.11. The van der Waals surface area contributed by atoms with Gasteiger partial charge in [-0.2, -0.15) is 0 Å². The van der Waals surface area contributed by atoms with Crippen LogP contribution >= 0.6 is 11.3 Å².